The summed E-state index contributed by atoms with van der Waals surface area (Å²) in [4.78, 5) is 41.9. The van der Waals surface area contributed by atoms with Crippen LogP contribution in [0.5, 0.6) is 0 Å². The van der Waals surface area contributed by atoms with E-state index < -0.39 is 95.1 Å². The van der Waals surface area contributed by atoms with E-state index in [1.165, 1.54) is 24.4 Å². The molecule has 0 radical (unpaired) electrons. The second-order valence-corrected chi connectivity index (χ2v) is 10.5. The Morgan fingerprint density at radius 1 is 1.04 bits per heavy atom. The number of carbonyl (C=O) groups is 3. The summed E-state index contributed by atoms with van der Waals surface area (Å²) >= 11 is 0. The summed E-state index contributed by atoms with van der Waals surface area (Å²) in [5.74, 6) is -10.2. The lowest BCUT2D eigenvalue weighted by Gasteiger charge is -2.24. The number of benzene rings is 2. The average molecular weight is 652 g/mol. The summed E-state index contributed by atoms with van der Waals surface area (Å²) < 4.78 is 113. The fraction of sp³-hybridized carbons (Fsp3) is 0.233. The van der Waals surface area contributed by atoms with Gasteiger partial charge in [-0.3, -0.25) is 24.0 Å². The number of hydrogen-bond acceptors (Lipinski definition) is 5. The van der Waals surface area contributed by atoms with Crippen LogP contribution in [0.15, 0.2) is 54.7 Å². The standard InChI is InChI=1S/C30H21F8N5O3/c31-16-8-14(9-17(32)12-16)10-21(25-18(2-1-7-40-25)15-3-4-20(33)19(11-15)28(39)46)41-23(45)13-43-26-22(44)5-6-29(34,35)24(26)27(42-43)30(36,37)38/h1-4,7-9,11-12,21H,5-6,10,13H2,(H2,39,46)(H,41,45). The lowest BCUT2D eigenvalue weighted by molar-refractivity contribution is -0.146. The summed E-state index contributed by atoms with van der Waals surface area (Å²) in [6.07, 6.45) is -6.42. The van der Waals surface area contributed by atoms with E-state index in [2.05, 4.69) is 15.4 Å². The van der Waals surface area contributed by atoms with Crippen molar-refractivity contribution in [2.45, 2.75) is 43.9 Å². The number of nitrogens with two attached hydrogens (primary N) is 1. The maximum Gasteiger partial charge on any atom is 0.435 e. The Labute approximate surface area is 254 Å². The third-order valence-electron chi connectivity index (χ3n) is 7.22. The molecule has 3 N–H and O–H groups in total. The minimum Gasteiger partial charge on any atom is -0.366 e. The Bertz CT molecular complexity index is 1850. The SMILES string of the molecule is NC(=O)c1cc(-c2cccnc2C(Cc2cc(F)cc(F)c2)NC(=O)Cn2nc(C(F)(F)F)c3c2C(=O)CCC3(F)F)ccc1F. The van der Waals surface area contributed by atoms with Gasteiger partial charge in [0.15, 0.2) is 11.5 Å². The molecule has 0 fully saturated rings. The second-order valence-electron chi connectivity index (χ2n) is 10.5. The summed E-state index contributed by atoms with van der Waals surface area (Å²) in [5, 5.41) is 5.64. The number of nitrogens with one attached hydrogen (secondary N) is 1. The maximum atomic E-state index is 14.6. The fourth-order valence-corrected chi connectivity index (χ4v) is 5.30. The number of fused-ring (bicyclic) bond motifs is 1. The molecule has 2 aromatic heterocycles. The van der Waals surface area contributed by atoms with Gasteiger partial charge in [0, 0.05) is 30.7 Å². The fourth-order valence-electron chi connectivity index (χ4n) is 5.30. The number of pyridine rings is 1. The minimum absolute atomic E-state index is 0.00183. The highest BCUT2D eigenvalue weighted by molar-refractivity contribution is 5.98. The number of ketones is 1. The Hall–Kier alpha value is -5.15. The molecule has 0 bridgehead atoms. The van der Waals surface area contributed by atoms with Crippen LogP contribution in [0.1, 0.15) is 62.2 Å². The van der Waals surface area contributed by atoms with Crippen molar-refractivity contribution in [1.29, 1.82) is 0 Å². The molecule has 2 aromatic carbocycles. The number of rotatable bonds is 8. The number of aromatic nitrogens is 3. The van der Waals surface area contributed by atoms with Crippen LogP contribution in [0.4, 0.5) is 35.1 Å². The summed E-state index contributed by atoms with van der Waals surface area (Å²) in [5.41, 5.74) is 0.474. The lowest BCUT2D eigenvalue weighted by atomic mass is 9.91. The van der Waals surface area contributed by atoms with Gasteiger partial charge in [0.1, 0.15) is 29.7 Å². The van der Waals surface area contributed by atoms with Crippen LogP contribution in [0.2, 0.25) is 0 Å². The Morgan fingerprint density at radius 3 is 2.39 bits per heavy atom. The molecule has 0 saturated heterocycles. The number of carbonyl (C=O) groups excluding carboxylic acids is 3. The summed E-state index contributed by atoms with van der Waals surface area (Å²) in [6.45, 7) is -1.13. The van der Waals surface area contributed by atoms with Gasteiger partial charge in [-0.15, -0.1) is 0 Å². The van der Waals surface area contributed by atoms with Crippen molar-refractivity contribution >= 4 is 17.6 Å². The Kier molecular flexibility index (Phi) is 8.40. The number of hydrogen-bond donors (Lipinski definition) is 2. The highest BCUT2D eigenvalue weighted by Gasteiger charge is 2.52. The van der Waals surface area contributed by atoms with Crippen molar-refractivity contribution < 1.29 is 49.5 Å². The lowest BCUT2D eigenvalue weighted by Crippen LogP contribution is -2.35. The van der Waals surface area contributed by atoms with Crippen molar-refractivity contribution in [2.75, 3.05) is 0 Å². The van der Waals surface area contributed by atoms with E-state index in [0.717, 1.165) is 24.3 Å². The molecular weight excluding hydrogens is 630 g/mol. The molecule has 5 rings (SSSR count). The van der Waals surface area contributed by atoms with E-state index in [9.17, 15) is 49.5 Å². The van der Waals surface area contributed by atoms with E-state index in [-0.39, 0.29) is 33.5 Å². The first-order valence-corrected chi connectivity index (χ1v) is 13.4. The molecule has 1 aliphatic carbocycles. The number of alkyl halides is 5. The maximum absolute atomic E-state index is 14.6. The number of Topliss-reactive ketones (excluding diaryl/α,β-unsaturated/α-hetero) is 1. The van der Waals surface area contributed by atoms with Crippen LogP contribution in [-0.4, -0.2) is 32.4 Å². The minimum atomic E-state index is -5.38. The molecule has 4 aromatic rings. The topological polar surface area (TPSA) is 120 Å². The van der Waals surface area contributed by atoms with Crippen LogP contribution in [-0.2, 0) is 29.9 Å². The summed E-state index contributed by atoms with van der Waals surface area (Å²) in [7, 11) is 0. The third kappa shape index (κ3) is 6.46. The van der Waals surface area contributed by atoms with Crippen LogP contribution < -0.4 is 11.1 Å². The highest BCUT2D eigenvalue weighted by atomic mass is 19.4. The first-order valence-electron chi connectivity index (χ1n) is 13.4. The van der Waals surface area contributed by atoms with Crippen molar-refractivity contribution in [3.05, 3.63) is 106 Å². The van der Waals surface area contributed by atoms with Gasteiger partial charge in [-0.2, -0.15) is 18.3 Å². The monoisotopic (exact) mass is 651 g/mol. The van der Waals surface area contributed by atoms with Crippen LogP contribution in [0.25, 0.3) is 11.1 Å². The van der Waals surface area contributed by atoms with E-state index >= 15 is 0 Å². The molecule has 8 nitrogen and oxygen atoms in total. The van der Waals surface area contributed by atoms with Crippen molar-refractivity contribution in [2.24, 2.45) is 5.73 Å². The highest BCUT2D eigenvalue weighted by Crippen LogP contribution is 2.46. The number of halogens is 8. The predicted octanol–water partition coefficient (Wildman–Crippen LogP) is 5.65. The van der Waals surface area contributed by atoms with Gasteiger partial charge in [0.2, 0.25) is 5.91 Å². The molecule has 2 heterocycles. The quantitative estimate of drug-likeness (QED) is 0.239. The molecule has 0 saturated carbocycles. The average Bonchev–Trinajstić information content (AvgIpc) is 3.36. The third-order valence-corrected chi connectivity index (χ3v) is 7.22. The molecule has 1 atom stereocenters. The van der Waals surface area contributed by atoms with Crippen molar-refractivity contribution in [3.8, 4) is 11.1 Å². The van der Waals surface area contributed by atoms with E-state index in [1.54, 1.807) is 0 Å². The zero-order valence-corrected chi connectivity index (χ0v) is 23.3. The van der Waals surface area contributed by atoms with Gasteiger partial charge in [-0.05, 0) is 47.9 Å². The first-order chi connectivity index (χ1) is 21.5. The van der Waals surface area contributed by atoms with Gasteiger partial charge >= 0.3 is 6.18 Å². The van der Waals surface area contributed by atoms with Crippen molar-refractivity contribution in [1.82, 2.24) is 20.1 Å². The molecule has 1 unspecified atom stereocenters. The molecule has 0 aliphatic heterocycles. The van der Waals surface area contributed by atoms with Gasteiger partial charge in [0.05, 0.1) is 22.9 Å². The molecule has 16 heteroatoms. The Balaban J connectivity index is 1.57. The smallest absolute Gasteiger partial charge is 0.366 e. The number of nitrogens with zero attached hydrogens (tertiary/aromatic N) is 3. The molecular formula is C30H21F8N5O3. The second kappa shape index (κ2) is 12.0. The first kappa shape index (κ1) is 32.2. The molecule has 0 spiro atoms. The van der Waals surface area contributed by atoms with E-state index in [0.29, 0.717) is 6.07 Å². The predicted molar refractivity (Wildman–Crippen MR) is 144 cm³/mol. The van der Waals surface area contributed by atoms with Crippen molar-refractivity contribution in [3.63, 3.8) is 0 Å². The van der Waals surface area contributed by atoms with Gasteiger partial charge in [-0.1, -0.05) is 12.1 Å². The number of amides is 2. The largest absolute Gasteiger partial charge is 0.435 e. The summed E-state index contributed by atoms with van der Waals surface area (Å²) in [6, 6.07) is 7.44. The normalized spacial score (nSPS) is 14.9. The van der Waals surface area contributed by atoms with E-state index in [1.807, 2.05) is 0 Å². The van der Waals surface area contributed by atoms with Gasteiger partial charge < -0.3 is 11.1 Å². The zero-order valence-electron chi connectivity index (χ0n) is 23.3. The molecule has 2 amide bonds. The molecule has 46 heavy (non-hydrogen) atoms. The zero-order chi connectivity index (χ0) is 33.6. The van der Waals surface area contributed by atoms with Crippen LogP contribution in [0, 0.1) is 17.5 Å². The van der Waals surface area contributed by atoms with Gasteiger partial charge in [-0.25, -0.2) is 22.0 Å². The van der Waals surface area contributed by atoms with Gasteiger partial charge in [0.25, 0.3) is 11.8 Å². The van der Waals surface area contributed by atoms with Crippen LogP contribution in [0.3, 0.4) is 0 Å². The molecule has 1 aliphatic rings. The number of primary amides is 1. The van der Waals surface area contributed by atoms with E-state index in [4.69, 9.17) is 5.73 Å². The Morgan fingerprint density at radius 2 is 1.74 bits per heavy atom. The molecule has 240 valence electrons. The van der Waals surface area contributed by atoms with Crippen LogP contribution >= 0.6 is 0 Å².